The maximum atomic E-state index is 13.1. The van der Waals surface area contributed by atoms with Crippen molar-refractivity contribution in [3.05, 3.63) is 77.8 Å². The van der Waals surface area contributed by atoms with Gasteiger partial charge in [0.05, 0.1) is 18.5 Å². The van der Waals surface area contributed by atoms with Crippen LogP contribution in [0.15, 0.2) is 65.1 Å². The first-order valence-electron chi connectivity index (χ1n) is 11.0. The Kier molecular flexibility index (Phi) is 6.63. The third-order valence-corrected chi connectivity index (χ3v) is 5.53. The van der Waals surface area contributed by atoms with Gasteiger partial charge in [0, 0.05) is 31.0 Å². The number of likely N-dealkylation sites (tertiary alicyclic amines) is 1. The van der Waals surface area contributed by atoms with Crippen molar-refractivity contribution in [3.8, 4) is 5.75 Å². The highest BCUT2D eigenvalue weighted by molar-refractivity contribution is 6.46. The van der Waals surface area contributed by atoms with Gasteiger partial charge in [-0.1, -0.05) is 19.1 Å². The minimum atomic E-state index is -0.804. The predicted molar refractivity (Wildman–Crippen MR) is 122 cm³/mol. The zero-order chi connectivity index (χ0) is 23.4. The molecule has 0 aliphatic carbocycles. The molecule has 1 aromatic carbocycles. The predicted octanol–water partition coefficient (Wildman–Crippen LogP) is 4.09. The molecule has 1 fully saturated rings. The number of furan rings is 1. The molecule has 1 aliphatic rings. The Morgan fingerprint density at radius 1 is 1.21 bits per heavy atom. The van der Waals surface area contributed by atoms with Gasteiger partial charge in [-0.15, -0.1) is 0 Å². The van der Waals surface area contributed by atoms with Gasteiger partial charge >= 0.3 is 0 Å². The summed E-state index contributed by atoms with van der Waals surface area (Å²) >= 11 is 0. The quantitative estimate of drug-likeness (QED) is 0.300. The van der Waals surface area contributed by atoms with Crippen molar-refractivity contribution in [1.29, 1.82) is 0 Å². The van der Waals surface area contributed by atoms with Gasteiger partial charge in [-0.25, -0.2) is 4.98 Å². The normalized spacial score (nSPS) is 17.6. The maximum Gasteiger partial charge on any atom is 0.295 e. The number of carbonyl (C=O) groups excluding carboxylic acids is 2. The van der Waals surface area contributed by atoms with Gasteiger partial charge in [0.2, 0.25) is 0 Å². The molecule has 33 heavy (non-hydrogen) atoms. The fourth-order valence-corrected chi connectivity index (χ4v) is 3.96. The maximum absolute atomic E-state index is 13.1. The van der Waals surface area contributed by atoms with E-state index in [9.17, 15) is 14.7 Å². The van der Waals surface area contributed by atoms with Crippen molar-refractivity contribution >= 4 is 17.4 Å². The second-order valence-corrected chi connectivity index (χ2v) is 7.97. The molecule has 1 saturated heterocycles. The third kappa shape index (κ3) is 4.69. The molecule has 0 spiro atoms. The number of benzene rings is 1. The molecular formula is C25H27N3O5. The van der Waals surface area contributed by atoms with Crippen molar-refractivity contribution in [2.45, 2.75) is 39.3 Å². The number of aliphatic hydroxyl groups excluding tert-OH is 1. The molecule has 0 saturated carbocycles. The molecule has 3 aromatic rings. The number of Topliss-reactive ketones (excluding diaryl/α,β-unsaturated/α-hetero) is 1. The Hall–Kier alpha value is -3.81. The summed E-state index contributed by atoms with van der Waals surface area (Å²) in [6.07, 6.45) is 6.69. The highest BCUT2D eigenvalue weighted by atomic mass is 16.5. The molecule has 1 aliphatic heterocycles. The van der Waals surface area contributed by atoms with E-state index in [1.54, 1.807) is 55.8 Å². The van der Waals surface area contributed by atoms with Crippen LogP contribution in [0.4, 0.5) is 0 Å². The third-order valence-electron chi connectivity index (χ3n) is 5.53. The zero-order valence-electron chi connectivity index (χ0n) is 18.7. The lowest BCUT2D eigenvalue weighted by Crippen LogP contribution is -2.31. The summed E-state index contributed by atoms with van der Waals surface area (Å²) in [7, 11) is 0. The standard InChI is InChI=1S/C25H27N3O5/c1-3-14-32-19-7-4-6-18(15-19)23(29)21-22(20-9-8-17(2)33-20)28(25(31)24(21)30)12-5-11-27-13-10-26-16-27/h4,6-10,13,15-16,22,29H,3,5,11-12,14H2,1-2H3/b23-21+. The van der Waals surface area contributed by atoms with Crippen LogP contribution in [0.2, 0.25) is 0 Å². The van der Waals surface area contributed by atoms with Crippen LogP contribution in [0.5, 0.6) is 5.75 Å². The number of imidazole rings is 1. The number of nitrogens with zero attached hydrogens (tertiary/aromatic N) is 3. The van der Waals surface area contributed by atoms with Crippen LogP contribution >= 0.6 is 0 Å². The van der Waals surface area contributed by atoms with Crippen LogP contribution in [0.25, 0.3) is 5.76 Å². The van der Waals surface area contributed by atoms with Crippen LogP contribution in [0.3, 0.4) is 0 Å². The lowest BCUT2D eigenvalue weighted by Gasteiger charge is -2.23. The van der Waals surface area contributed by atoms with Crippen molar-refractivity contribution in [2.75, 3.05) is 13.2 Å². The molecule has 1 atom stereocenters. The number of carbonyl (C=O) groups is 2. The number of ketones is 1. The summed E-state index contributed by atoms with van der Waals surface area (Å²) < 4.78 is 13.4. The minimum absolute atomic E-state index is 0.0182. The SMILES string of the molecule is CCCOc1cccc(/C(O)=C2\C(=O)C(=O)N(CCCn3ccnc3)C2c2ccc(C)o2)c1. The largest absolute Gasteiger partial charge is 0.507 e. The summed E-state index contributed by atoms with van der Waals surface area (Å²) in [4.78, 5) is 31.6. The van der Waals surface area contributed by atoms with Crippen molar-refractivity contribution in [3.63, 3.8) is 0 Å². The summed E-state index contributed by atoms with van der Waals surface area (Å²) in [6.45, 7) is 5.30. The van der Waals surface area contributed by atoms with E-state index in [4.69, 9.17) is 9.15 Å². The first-order valence-corrected chi connectivity index (χ1v) is 11.0. The van der Waals surface area contributed by atoms with Gasteiger partial charge in [0.1, 0.15) is 29.1 Å². The smallest absolute Gasteiger partial charge is 0.295 e. The van der Waals surface area contributed by atoms with Crippen LogP contribution in [0, 0.1) is 6.92 Å². The lowest BCUT2D eigenvalue weighted by molar-refractivity contribution is -0.140. The summed E-state index contributed by atoms with van der Waals surface area (Å²) in [5.41, 5.74) is 0.429. The monoisotopic (exact) mass is 449 g/mol. The average Bonchev–Trinajstić information content (AvgIpc) is 3.54. The minimum Gasteiger partial charge on any atom is -0.507 e. The number of aliphatic hydroxyl groups is 1. The molecule has 0 bridgehead atoms. The number of hydrogen-bond acceptors (Lipinski definition) is 6. The van der Waals surface area contributed by atoms with E-state index in [0.29, 0.717) is 49.0 Å². The van der Waals surface area contributed by atoms with E-state index in [1.165, 1.54) is 4.90 Å². The van der Waals surface area contributed by atoms with Gasteiger partial charge in [0.25, 0.3) is 11.7 Å². The van der Waals surface area contributed by atoms with Crippen LogP contribution in [0.1, 0.15) is 42.9 Å². The number of ether oxygens (including phenoxy) is 1. The Morgan fingerprint density at radius 3 is 2.76 bits per heavy atom. The van der Waals surface area contributed by atoms with Gasteiger partial charge < -0.3 is 23.7 Å². The topological polar surface area (TPSA) is 97.8 Å². The zero-order valence-corrected chi connectivity index (χ0v) is 18.7. The first kappa shape index (κ1) is 22.4. The number of hydrogen-bond donors (Lipinski definition) is 1. The highest BCUT2D eigenvalue weighted by Crippen LogP contribution is 2.40. The fourth-order valence-electron chi connectivity index (χ4n) is 3.96. The Bertz CT molecular complexity index is 1160. The van der Waals surface area contributed by atoms with Crippen LogP contribution in [-0.2, 0) is 16.1 Å². The fraction of sp³-hybridized carbons (Fsp3) is 0.320. The molecule has 8 nitrogen and oxygen atoms in total. The average molecular weight is 450 g/mol. The van der Waals surface area contributed by atoms with Crippen molar-refractivity contribution in [1.82, 2.24) is 14.5 Å². The molecular weight excluding hydrogens is 422 g/mol. The highest BCUT2D eigenvalue weighted by Gasteiger charge is 2.47. The first-order chi connectivity index (χ1) is 16.0. The molecule has 1 amide bonds. The van der Waals surface area contributed by atoms with Gasteiger partial charge in [-0.3, -0.25) is 9.59 Å². The van der Waals surface area contributed by atoms with Crippen molar-refractivity contribution in [2.24, 2.45) is 0 Å². The van der Waals surface area contributed by atoms with E-state index in [1.807, 2.05) is 17.7 Å². The molecule has 2 aromatic heterocycles. The lowest BCUT2D eigenvalue weighted by atomic mass is 9.99. The molecule has 8 heteroatoms. The number of amides is 1. The van der Waals surface area contributed by atoms with E-state index in [2.05, 4.69) is 4.98 Å². The van der Waals surface area contributed by atoms with Gasteiger partial charge in [-0.2, -0.15) is 0 Å². The molecule has 3 heterocycles. The van der Waals surface area contributed by atoms with E-state index >= 15 is 0 Å². The molecule has 1 N–H and O–H groups in total. The van der Waals surface area contributed by atoms with Crippen LogP contribution in [-0.4, -0.2) is 44.4 Å². The second kappa shape index (κ2) is 9.77. The molecule has 0 radical (unpaired) electrons. The second-order valence-electron chi connectivity index (χ2n) is 7.97. The Labute approximate surface area is 192 Å². The van der Waals surface area contributed by atoms with Gasteiger partial charge in [-0.05, 0) is 44.0 Å². The molecule has 172 valence electrons. The van der Waals surface area contributed by atoms with E-state index in [0.717, 1.165) is 6.42 Å². The molecule has 4 rings (SSSR count). The summed E-state index contributed by atoms with van der Waals surface area (Å²) in [6, 6.07) is 9.60. The number of aromatic nitrogens is 2. The summed E-state index contributed by atoms with van der Waals surface area (Å²) in [5.74, 6) is 0.0548. The summed E-state index contributed by atoms with van der Waals surface area (Å²) in [5, 5.41) is 11.2. The van der Waals surface area contributed by atoms with E-state index in [-0.39, 0.29) is 11.3 Å². The Balaban J connectivity index is 1.69. The number of aryl methyl sites for hydroxylation is 2. The van der Waals surface area contributed by atoms with Crippen LogP contribution < -0.4 is 4.74 Å². The Morgan fingerprint density at radius 2 is 2.06 bits per heavy atom. The number of rotatable bonds is 9. The van der Waals surface area contributed by atoms with Gasteiger partial charge in [0.15, 0.2) is 0 Å². The van der Waals surface area contributed by atoms with Crippen molar-refractivity contribution < 1.29 is 23.8 Å². The van der Waals surface area contributed by atoms with E-state index < -0.39 is 17.7 Å². The molecule has 1 unspecified atom stereocenters.